The minimum atomic E-state index is 0.279. The molecule has 1 saturated carbocycles. The second-order valence-corrected chi connectivity index (χ2v) is 6.24. The Hall–Kier alpha value is -0.570. The zero-order valence-electron chi connectivity index (χ0n) is 11.8. The van der Waals surface area contributed by atoms with E-state index in [-0.39, 0.29) is 5.91 Å². The summed E-state index contributed by atoms with van der Waals surface area (Å²) in [6.45, 7) is 3.27. The quantitative estimate of drug-likeness (QED) is 0.815. The summed E-state index contributed by atoms with van der Waals surface area (Å²) in [6.07, 6.45) is 9.78. The van der Waals surface area contributed by atoms with Gasteiger partial charge in [-0.05, 0) is 51.2 Å². The first-order chi connectivity index (χ1) is 8.74. The van der Waals surface area contributed by atoms with E-state index in [0.717, 1.165) is 25.3 Å². The first-order valence-electron chi connectivity index (χ1n) is 7.69. The highest BCUT2D eigenvalue weighted by molar-refractivity contribution is 5.75. The number of hydrogen-bond donors (Lipinski definition) is 1. The van der Waals surface area contributed by atoms with Crippen LogP contribution in [0.3, 0.4) is 0 Å². The fraction of sp³-hybridized carbons (Fsp3) is 0.933. The number of carbonyl (C=O) groups excluding carboxylic acids is 1. The second kappa shape index (κ2) is 7.13. The van der Waals surface area contributed by atoms with Crippen molar-refractivity contribution >= 4 is 5.91 Å². The lowest BCUT2D eigenvalue weighted by Crippen LogP contribution is -2.36. The van der Waals surface area contributed by atoms with E-state index in [0.29, 0.717) is 5.92 Å². The zero-order valence-corrected chi connectivity index (χ0v) is 11.8. The minimum absolute atomic E-state index is 0.279. The summed E-state index contributed by atoms with van der Waals surface area (Å²) < 4.78 is 0. The topological polar surface area (TPSA) is 32.3 Å². The lowest BCUT2D eigenvalue weighted by molar-refractivity contribution is -0.121. The first-order valence-corrected chi connectivity index (χ1v) is 7.69. The van der Waals surface area contributed by atoms with Crippen molar-refractivity contribution in [2.45, 2.75) is 51.4 Å². The van der Waals surface area contributed by atoms with Gasteiger partial charge in [0.15, 0.2) is 0 Å². The molecule has 0 spiro atoms. The average molecular weight is 252 g/mol. The number of piperidine rings is 1. The van der Waals surface area contributed by atoms with Gasteiger partial charge in [0.05, 0.1) is 0 Å². The van der Waals surface area contributed by atoms with Gasteiger partial charge >= 0.3 is 0 Å². The maximum Gasteiger partial charge on any atom is 0.220 e. The van der Waals surface area contributed by atoms with E-state index in [1.165, 1.54) is 51.6 Å². The van der Waals surface area contributed by atoms with Gasteiger partial charge in [0, 0.05) is 13.0 Å². The third-order valence-corrected chi connectivity index (χ3v) is 4.68. The molecule has 0 aromatic carbocycles. The van der Waals surface area contributed by atoms with Gasteiger partial charge in [-0.2, -0.15) is 0 Å². The highest BCUT2D eigenvalue weighted by atomic mass is 16.1. The molecule has 3 nitrogen and oxygen atoms in total. The largest absolute Gasteiger partial charge is 0.356 e. The number of rotatable bonds is 5. The molecule has 0 unspecified atom stereocenters. The number of nitrogens with zero attached hydrogens (tertiary/aromatic N) is 1. The summed E-state index contributed by atoms with van der Waals surface area (Å²) in [5.74, 6) is 1.82. The Morgan fingerprint density at radius 2 is 1.78 bits per heavy atom. The molecule has 1 saturated heterocycles. The molecule has 0 bridgehead atoms. The molecule has 3 heteroatoms. The molecule has 104 valence electrons. The monoisotopic (exact) mass is 252 g/mol. The lowest BCUT2D eigenvalue weighted by atomic mass is 9.97. The predicted octanol–water partition coefficient (Wildman–Crippen LogP) is 2.41. The summed E-state index contributed by atoms with van der Waals surface area (Å²) in [5.41, 5.74) is 0. The summed E-state index contributed by atoms with van der Waals surface area (Å²) >= 11 is 0. The Morgan fingerprint density at radius 1 is 1.11 bits per heavy atom. The molecular formula is C15H28N2O. The Balaban J connectivity index is 1.54. The van der Waals surface area contributed by atoms with Gasteiger partial charge in [-0.15, -0.1) is 0 Å². The van der Waals surface area contributed by atoms with Crippen molar-refractivity contribution in [2.24, 2.45) is 11.8 Å². The molecule has 2 rings (SSSR count). The molecular weight excluding hydrogens is 224 g/mol. The summed E-state index contributed by atoms with van der Waals surface area (Å²) in [7, 11) is 2.18. The highest BCUT2D eigenvalue weighted by Crippen LogP contribution is 2.28. The van der Waals surface area contributed by atoms with Gasteiger partial charge in [-0.3, -0.25) is 4.79 Å². The van der Waals surface area contributed by atoms with Crippen LogP contribution in [0.5, 0.6) is 0 Å². The normalized spacial score (nSPS) is 23.4. The van der Waals surface area contributed by atoms with E-state index in [4.69, 9.17) is 0 Å². The molecule has 0 atom stereocenters. The fourth-order valence-electron chi connectivity index (χ4n) is 3.25. The minimum Gasteiger partial charge on any atom is -0.356 e. The van der Waals surface area contributed by atoms with Crippen molar-refractivity contribution in [3.8, 4) is 0 Å². The molecule has 1 aliphatic carbocycles. The van der Waals surface area contributed by atoms with E-state index in [1.807, 2.05) is 0 Å². The number of amides is 1. The van der Waals surface area contributed by atoms with Crippen molar-refractivity contribution in [2.75, 3.05) is 26.7 Å². The molecule has 0 radical (unpaired) electrons. The van der Waals surface area contributed by atoms with Crippen LogP contribution in [0, 0.1) is 11.8 Å². The van der Waals surface area contributed by atoms with Crippen LogP contribution < -0.4 is 5.32 Å². The molecule has 1 N–H and O–H groups in total. The Labute approximate surface area is 111 Å². The first kappa shape index (κ1) is 13.9. The van der Waals surface area contributed by atoms with E-state index in [2.05, 4.69) is 17.3 Å². The van der Waals surface area contributed by atoms with Gasteiger partial charge in [-0.25, -0.2) is 0 Å². The average Bonchev–Trinajstić information content (AvgIpc) is 2.89. The van der Waals surface area contributed by atoms with Crippen LogP contribution in [-0.2, 0) is 4.79 Å². The van der Waals surface area contributed by atoms with Crippen LogP contribution >= 0.6 is 0 Å². The van der Waals surface area contributed by atoms with Crippen LogP contribution in [0.1, 0.15) is 51.4 Å². The Morgan fingerprint density at radius 3 is 2.44 bits per heavy atom. The molecule has 18 heavy (non-hydrogen) atoms. The van der Waals surface area contributed by atoms with Gasteiger partial charge in [0.2, 0.25) is 5.91 Å². The Kier molecular flexibility index (Phi) is 5.48. The maximum absolute atomic E-state index is 11.8. The zero-order chi connectivity index (χ0) is 12.8. The van der Waals surface area contributed by atoms with Gasteiger partial charge in [-0.1, -0.05) is 25.7 Å². The summed E-state index contributed by atoms with van der Waals surface area (Å²) in [4.78, 5) is 14.2. The molecule has 2 aliphatic rings. The van der Waals surface area contributed by atoms with Crippen LogP contribution in [0.4, 0.5) is 0 Å². The van der Waals surface area contributed by atoms with E-state index in [9.17, 15) is 4.79 Å². The fourth-order valence-corrected chi connectivity index (χ4v) is 3.25. The molecule has 1 aliphatic heterocycles. The molecule has 2 fully saturated rings. The van der Waals surface area contributed by atoms with E-state index < -0.39 is 0 Å². The smallest absolute Gasteiger partial charge is 0.220 e. The molecule has 1 heterocycles. The number of nitrogens with one attached hydrogen (secondary N) is 1. The van der Waals surface area contributed by atoms with Crippen molar-refractivity contribution in [3.05, 3.63) is 0 Å². The third-order valence-electron chi connectivity index (χ3n) is 4.68. The van der Waals surface area contributed by atoms with Crippen LogP contribution in [0.15, 0.2) is 0 Å². The van der Waals surface area contributed by atoms with E-state index in [1.54, 1.807) is 0 Å². The SMILES string of the molecule is CN1CCC(CNC(=O)CCC2CCCC2)CC1. The van der Waals surface area contributed by atoms with Gasteiger partial charge in [0.25, 0.3) is 0 Å². The second-order valence-electron chi connectivity index (χ2n) is 6.24. The lowest BCUT2D eigenvalue weighted by Gasteiger charge is -2.28. The predicted molar refractivity (Wildman–Crippen MR) is 74.4 cm³/mol. The van der Waals surface area contributed by atoms with Crippen LogP contribution in [-0.4, -0.2) is 37.5 Å². The number of hydrogen-bond acceptors (Lipinski definition) is 2. The summed E-state index contributed by atoms with van der Waals surface area (Å²) in [6, 6.07) is 0. The highest BCUT2D eigenvalue weighted by Gasteiger charge is 2.18. The molecule has 1 amide bonds. The maximum atomic E-state index is 11.8. The third kappa shape index (κ3) is 4.60. The standard InChI is InChI=1S/C15H28N2O/c1-17-10-8-14(9-11-17)12-16-15(18)7-6-13-4-2-3-5-13/h13-14H,2-12H2,1H3,(H,16,18). The van der Waals surface area contributed by atoms with E-state index >= 15 is 0 Å². The Bertz CT molecular complexity index is 253. The van der Waals surface area contributed by atoms with Crippen molar-refractivity contribution in [1.82, 2.24) is 10.2 Å². The van der Waals surface area contributed by atoms with Gasteiger partial charge in [0.1, 0.15) is 0 Å². The summed E-state index contributed by atoms with van der Waals surface area (Å²) in [5, 5.41) is 3.13. The van der Waals surface area contributed by atoms with Crippen LogP contribution in [0.25, 0.3) is 0 Å². The van der Waals surface area contributed by atoms with Crippen LogP contribution in [0.2, 0.25) is 0 Å². The van der Waals surface area contributed by atoms with Gasteiger partial charge < -0.3 is 10.2 Å². The number of likely N-dealkylation sites (tertiary alicyclic amines) is 1. The van der Waals surface area contributed by atoms with Crippen molar-refractivity contribution < 1.29 is 4.79 Å². The van der Waals surface area contributed by atoms with Crippen molar-refractivity contribution in [3.63, 3.8) is 0 Å². The molecule has 0 aromatic rings. The van der Waals surface area contributed by atoms with Crippen molar-refractivity contribution in [1.29, 1.82) is 0 Å². The number of carbonyl (C=O) groups is 1. The molecule has 0 aromatic heterocycles.